The van der Waals surface area contributed by atoms with Gasteiger partial charge in [0.25, 0.3) is 0 Å². The molecule has 2 amide bonds. The highest BCUT2D eigenvalue weighted by atomic mass is 19.1. The molecule has 5 aromatic rings. The minimum Gasteiger partial charge on any atom is -0.383 e. The number of aromatic nitrogens is 4. The highest BCUT2D eigenvalue weighted by molar-refractivity contribution is 6.28. The zero-order valence-corrected chi connectivity index (χ0v) is 32.7. The molecule has 1 aliphatic carbocycles. The second kappa shape index (κ2) is 15.1. The fraction of sp³-hybridized carbons (Fsp3) is 0.400. The largest absolute Gasteiger partial charge is 0.383 e. The first-order chi connectivity index (χ1) is 28.7. The lowest BCUT2D eigenvalue weighted by molar-refractivity contribution is -0.137. The molecule has 0 spiro atoms. The molecule has 4 fully saturated rings. The predicted molar refractivity (Wildman–Crippen MR) is 219 cm³/mol. The Morgan fingerprint density at radius 2 is 1.47 bits per heavy atom. The third-order valence-electron chi connectivity index (χ3n) is 13.5. The van der Waals surface area contributed by atoms with Crippen LogP contribution in [-0.4, -0.2) is 104 Å². The van der Waals surface area contributed by atoms with Crippen LogP contribution in [0.15, 0.2) is 73.1 Å². The van der Waals surface area contributed by atoms with Gasteiger partial charge in [-0.1, -0.05) is 42.5 Å². The number of fused-ring (bicyclic) bond motifs is 2. The first-order valence-electron chi connectivity index (χ1n) is 20.8. The van der Waals surface area contributed by atoms with Crippen LogP contribution in [0.25, 0.3) is 22.3 Å². The van der Waals surface area contributed by atoms with E-state index in [2.05, 4.69) is 30.0 Å². The molecule has 0 bridgehead atoms. The van der Waals surface area contributed by atoms with E-state index in [1.54, 1.807) is 12.1 Å². The van der Waals surface area contributed by atoms with Gasteiger partial charge in [0.1, 0.15) is 23.7 Å². The Hall–Kier alpha value is -5.86. The molecule has 3 N–H and O–H groups in total. The summed E-state index contributed by atoms with van der Waals surface area (Å²) in [6, 6.07) is 21.7. The van der Waals surface area contributed by atoms with Gasteiger partial charge in [-0.3, -0.25) is 29.4 Å². The van der Waals surface area contributed by atoms with E-state index in [1.165, 1.54) is 6.33 Å². The number of nitrogens with zero attached hydrogens (tertiary/aromatic N) is 7. The number of anilines is 2. The van der Waals surface area contributed by atoms with Crippen LogP contribution >= 0.6 is 0 Å². The average molecular weight is 796 g/mol. The predicted octanol–water partition coefficient (Wildman–Crippen LogP) is 4.84. The minimum atomic E-state index is -1.05. The highest BCUT2D eigenvalue weighted by Gasteiger charge is 2.48. The second-order valence-electron chi connectivity index (χ2n) is 16.8. The molecule has 5 aliphatic rings. The SMILES string of the molecule is Nc1ncnc2c1c(-c1ccc(Cc3ccccc3)c(F)c1)nn2C1CCN(C2CCN(C3CN(c4ccc5c(c4)C(=O)C(C4CCC(=O)NC4=O)C5=O)C3)CC2)CC1. The fourth-order valence-electron chi connectivity index (χ4n) is 10.1. The van der Waals surface area contributed by atoms with E-state index < -0.39 is 17.7 Å². The molecule has 0 radical (unpaired) electrons. The summed E-state index contributed by atoms with van der Waals surface area (Å²) in [6.07, 6.45) is 6.37. The summed E-state index contributed by atoms with van der Waals surface area (Å²) in [5.74, 6) is -3.34. The first-order valence-corrected chi connectivity index (χ1v) is 20.8. The topological polar surface area (TPSA) is 160 Å². The van der Waals surface area contributed by atoms with Crippen LogP contribution in [-0.2, 0) is 16.0 Å². The molecule has 2 aromatic heterocycles. The number of piperidine rings is 3. The lowest BCUT2D eigenvalue weighted by atomic mass is 9.82. The second-order valence-corrected chi connectivity index (χ2v) is 16.8. The van der Waals surface area contributed by atoms with E-state index in [0.717, 1.165) is 76.2 Å². The Balaban J connectivity index is 0.739. The number of nitrogens with one attached hydrogen (secondary N) is 1. The number of hydrogen-bond donors (Lipinski definition) is 2. The van der Waals surface area contributed by atoms with Crippen LogP contribution in [0.2, 0.25) is 0 Å². The van der Waals surface area contributed by atoms with Crippen LogP contribution < -0.4 is 16.0 Å². The first kappa shape index (κ1) is 37.4. The zero-order chi connectivity index (χ0) is 40.4. The molecular weight excluding hydrogens is 750 g/mol. The molecule has 0 saturated carbocycles. The summed E-state index contributed by atoms with van der Waals surface area (Å²) >= 11 is 0. The van der Waals surface area contributed by atoms with Crippen molar-refractivity contribution in [1.82, 2.24) is 34.9 Å². The third-order valence-corrected chi connectivity index (χ3v) is 13.5. The van der Waals surface area contributed by atoms with Crippen molar-refractivity contribution in [2.24, 2.45) is 11.8 Å². The number of halogens is 1. The molecule has 10 rings (SSSR count). The highest BCUT2D eigenvalue weighted by Crippen LogP contribution is 2.39. The van der Waals surface area contributed by atoms with Gasteiger partial charge in [0, 0.05) is 86.6 Å². The van der Waals surface area contributed by atoms with Gasteiger partial charge in [0.15, 0.2) is 17.2 Å². The van der Waals surface area contributed by atoms with E-state index in [4.69, 9.17) is 10.8 Å². The van der Waals surface area contributed by atoms with Crippen LogP contribution in [0.3, 0.4) is 0 Å². The number of Topliss-reactive ketones (excluding diaryl/α,β-unsaturated/α-hetero) is 2. The summed E-state index contributed by atoms with van der Waals surface area (Å²) in [7, 11) is 0. The Morgan fingerprint density at radius 3 is 2.20 bits per heavy atom. The zero-order valence-electron chi connectivity index (χ0n) is 32.7. The van der Waals surface area contributed by atoms with Gasteiger partial charge >= 0.3 is 0 Å². The van der Waals surface area contributed by atoms with Gasteiger partial charge in [-0.05, 0) is 67.5 Å². The normalized spacial score (nSPS) is 22.6. The number of carbonyl (C=O) groups excluding carboxylic acids is 4. The van der Waals surface area contributed by atoms with E-state index in [0.29, 0.717) is 63.3 Å². The molecule has 2 atom stereocenters. The van der Waals surface area contributed by atoms with Crippen molar-refractivity contribution >= 4 is 45.9 Å². The standard InChI is InChI=1S/C45H46FN9O4/c46-36-21-28(7-6-27(36)20-26-4-2-1-3-5-26)40-39-43(47)48-25-49-44(39)55(51-40)30-14-18-52(19-15-30)29-12-16-53(17-13-29)32-23-54(24-32)31-8-9-33-35(22-31)42(58)38(41(33)57)34-10-11-37(56)50-45(34)59/h1-9,21-22,25,29-30,32,34,38H,10-20,23-24H2,(H2,47,48,49)(H,50,56,59). The lowest BCUT2D eigenvalue weighted by Crippen LogP contribution is -2.62. The molecule has 4 saturated heterocycles. The molecular formula is C45H46FN9O4. The Morgan fingerprint density at radius 1 is 0.763 bits per heavy atom. The number of ketones is 2. The summed E-state index contributed by atoms with van der Waals surface area (Å²) < 4.78 is 17.5. The van der Waals surface area contributed by atoms with Crippen molar-refractivity contribution in [3.05, 3.63) is 101 Å². The Bertz CT molecular complexity index is 2490. The van der Waals surface area contributed by atoms with E-state index in [-0.39, 0.29) is 42.2 Å². The van der Waals surface area contributed by atoms with E-state index in [9.17, 15) is 19.2 Å². The van der Waals surface area contributed by atoms with Gasteiger partial charge in [0.05, 0.1) is 23.3 Å². The van der Waals surface area contributed by atoms with E-state index in [1.807, 2.05) is 59.3 Å². The molecule has 6 heterocycles. The summed E-state index contributed by atoms with van der Waals surface area (Å²) in [5, 5.41) is 7.99. The molecule has 3 aromatic carbocycles. The van der Waals surface area contributed by atoms with Crippen molar-refractivity contribution in [1.29, 1.82) is 0 Å². The number of likely N-dealkylation sites (tertiary alicyclic amines) is 2. The fourth-order valence-corrected chi connectivity index (χ4v) is 10.1. The minimum absolute atomic E-state index is 0.134. The molecule has 302 valence electrons. The average Bonchev–Trinajstić information content (AvgIpc) is 3.74. The number of carbonyl (C=O) groups is 4. The summed E-state index contributed by atoms with van der Waals surface area (Å²) in [6.45, 7) is 5.67. The van der Waals surface area contributed by atoms with Gasteiger partial charge in [0.2, 0.25) is 11.8 Å². The van der Waals surface area contributed by atoms with Crippen molar-refractivity contribution in [3.63, 3.8) is 0 Å². The van der Waals surface area contributed by atoms with Gasteiger partial charge in [-0.15, -0.1) is 0 Å². The van der Waals surface area contributed by atoms with E-state index >= 15 is 4.39 Å². The van der Waals surface area contributed by atoms with Crippen LogP contribution in [0.4, 0.5) is 15.9 Å². The molecule has 59 heavy (non-hydrogen) atoms. The monoisotopic (exact) mass is 795 g/mol. The summed E-state index contributed by atoms with van der Waals surface area (Å²) in [4.78, 5) is 67.1. The van der Waals surface area contributed by atoms with Crippen LogP contribution in [0.1, 0.15) is 76.4 Å². The maximum absolute atomic E-state index is 15.5. The number of hydrogen-bond acceptors (Lipinski definition) is 11. The maximum atomic E-state index is 15.5. The number of benzene rings is 3. The van der Waals surface area contributed by atoms with Crippen LogP contribution in [0, 0.1) is 17.7 Å². The van der Waals surface area contributed by atoms with Crippen LogP contribution in [0.5, 0.6) is 0 Å². The number of nitrogens with two attached hydrogens (primary N) is 1. The molecule has 4 aliphatic heterocycles. The van der Waals surface area contributed by atoms with Crippen molar-refractivity contribution in [3.8, 4) is 11.3 Å². The number of nitrogen functional groups attached to an aromatic ring is 1. The van der Waals surface area contributed by atoms with Crippen molar-refractivity contribution < 1.29 is 23.6 Å². The Kier molecular flexibility index (Phi) is 9.55. The summed E-state index contributed by atoms with van der Waals surface area (Å²) in [5.41, 5.74) is 11.7. The quantitative estimate of drug-likeness (QED) is 0.164. The van der Waals surface area contributed by atoms with Gasteiger partial charge in [-0.25, -0.2) is 19.0 Å². The maximum Gasteiger partial charge on any atom is 0.230 e. The van der Waals surface area contributed by atoms with Gasteiger partial charge in [-0.2, -0.15) is 5.10 Å². The molecule has 13 nitrogen and oxygen atoms in total. The number of rotatable bonds is 8. The lowest BCUT2D eigenvalue weighted by Gasteiger charge is -2.50. The Labute approximate surface area is 340 Å². The third kappa shape index (κ3) is 6.77. The smallest absolute Gasteiger partial charge is 0.230 e. The molecule has 14 heteroatoms. The number of imide groups is 1. The van der Waals surface area contributed by atoms with Crippen molar-refractivity contribution in [2.45, 2.75) is 63.1 Å². The van der Waals surface area contributed by atoms with Gasteiger partial charge < -0.3 is 15.5 Å². The number of amides is 2. The van der Waals surface area contributed by atoms with Crippen molar-refractivity contribution in [2.75, 3.05) is 49.9 Å². The molecule has 2 unspecified atom stereocenters.